The third-order valence-electron chi connectivity index (χ3n) is 3.18. The molecule has 0 atom stereocenters. The molecule has 8 heteroatoms. The van der Waals surface area contributed by atoms with Crippen molar-refractivity contribution >= 4 is 33.7 Å². The summed E-state index contributed by atoms with van der Waals surface area (Å²) in [6.07, 6.45) is 1.50. The summed E-state index contributed by atoms with van der Waals surface area (Å²) in [7, 11) is 0. The van der Waals surface area contributed by atoms with Gasteiger partial charge >= 0.3 is 0 Å². The number of hydrogen-bond acceptors (Lipinski definition) is 5. The van der Waals surface area contributed by atoms with Gasteiger partial charge in [0, 0.05) is 15.7 Å². The molecule has 0 saturated carbocycles. The predicted molar refractivity (Wildman–Crippen MR) is 90.9 cm³/mol. The highest BCUT2D eigenvalue weighted by molar-refractivity contribution is 9.10. The highest BCUT2D eigenvalue weighted by atomic mass is 79.9. The standard InChI is InChI=1S/C16H13BrFN3O3/c17-13-6-15-14(23-9-24-15)5-10(13)7-20-21-16(22)8-19-12-3-1-11(18)2-4-12/h1-7,19H,8-9H2,(H,21,22)/b20-7-. The van der Waals surface area contributed by atoms with Gasteiger partial charge in [-0.25, -0.2) is 9.82 Å². The quantitative estimate of drug-likeness (QED) is 0.605. The largest absolute Gasteiger partial charge is 0.454 e. The van der Waals surface area contributed by atoms with Crippen molar-refractivity contribution in [3.05, 3.63) is 52.3 Å². The van der Waals surface area contributed by atoms with E-state index < -0.39 is 0 Å². The normalized spacial score (nSPS) is 12.4. The van der Waals surface area contributed by atoms with Crippen molar-refractivity contribution < 1.29 is 18.7 Å². The van der Waals surface area contributed by atoms with E-state index in [0.29, 0.717) is 17.2 Å². The lowest BCUT2D eigenvalue weighted by Crippen LogP contribution is -2.25. The Morgan fingerprint density at radius 1 is 1.25 bits per heavy atom. The lowest BCUT2D eigenvalue weighted by Gasteiger charge is -2.05. The first-order chi connectivity index (χ1) is 11.6. The molecule has 24 heavy (non-hydrogen) atoms. The van der Waals surface area contributed by atoms with Crippen molar-refractivity contribution in [2.75, 3.05) is 18.7 Å². The minimum absolute atomic E-state index is 0.0191. The maximum atomic E-state index is 12.8. The van der Waals surface area contributed by atoms with Crippen LogP contribution in [0.2, 0.25) is 0 Å². The second-order valence-electron chi connectivity index (χ2n) is 4.88. The number of hydrogen-bond donors (Lipinski definition) is 2. The molecule has 0 aromatic heterocycles. The summed E-state index contributed by atoms with van der Waals surface area (Å²) in [6.45, 7) is 0.208. The molecule has 1 amide bonds. The van der Waals surface area contributed by atoms with Crippen LogP contribution in [0.3, 0.4) is 0 Å². The number of nitrogens with one attached hydrogen (secondary N) is 2. The van der Waals surface area contributed by atoms with Crippen molar-refractivity contribution in [2.24, 2.45) is 5.10 Å². The third-order valence-corrected chi connectivity index (χ3v) is 3.87. The first-order valence-electron chi connectivity index (χ1n) is 7.02. The number of carbonyl (C=O) groups excluding carboxylic acids is 1. The number of benzene rings is 2. The van der Waals surface area contributed by atoms with E-state index in [-0.39, 0.29) is 25.1 Å². The number of anilines is 1. The van der Waals surface area contributed by atoms with Crippen LogP contribution in [-0.4, -0.2) is 25.5 Å². The van der Waals surface area contributed by atoms with Gasteiger partial charge in [-0.05, 0) is 52.3 Å². The average molecular weight is 394 g/mol. The van der Waals surface area contributed by atoms with Gasteiger partial charge in [-0.3, -0.25) is 4.79 Å². The van der Waals surface area contributed by atoms with Gasteiger partial charge in [0.2, 0.25) is 6.79 Å². The monoisotopic (exact) mass is 393 g/mol. The first kappa shape index (κ1) is 16.3. The molecule has 0 unspecified atom stereocenters. The summed E-state index contributed by atoms with van der Waals surface area (Å²) in [5.74, 6) is 0.631. The molecule has 2 aromatic carbocycles. The van der Waals surface area contributed by atoms with E-state index in [9.17, 15) is 9.18 Å². The van der Waals surface area contributed by atoms with E-state index in [1.165, 1.54) is 18.3 Å². The Bertz CT molecular complexity index is 781. The third kappa shape index (κ3) is 4.02. The van der Waals surface area contributed by atoms with Crippen LogP contribution in [0.15, 0.2) is 46.0 Å². The van der Waals surface area contributed by atoms with E-state index in [1.807, 2.05) is 0 Å². The molecule has 3 rings (SSSR count). The van der Waals surface area contributed by atoms with Gasteiger partial charge in [-0.2, -0.15) is 5.10 Å². The molecule has 0 saturated heterocycles. The van der Waals surface area contributed by atoms with Gasteiger partial charge in [0.1, 0.15) is 5.82 Å². The Hall–Kier alpha value is -2.61. The summed E-state index contributed by atoms with van der Waals surface area (Å²) in [5, 5.41) is 6.77. The van der Waals surface area contributed by atoms with E-state index >= 15 is 0 Å². The first-order valence-corrected chi connectivity index (χ1v) is 7.81. The Balaban J connectivity index is 1.52. The molecule has 0 radical (unpaired) electrons. The van der Waals surface area contributed by atoms with Gasteiger partial charge in [0.05, 0.1) is 12.8 Å². The van der Waals surface area contributed by atoms with Gasteiger partial charge < -0.3 is 14.8 Å². The van der Waals surface area contributed by atoms with Crippen LogP contribution in [-0.2, 0) is 4.79 Å². The summed E-state index contributed by atoms with van der Waals surface area (Å²) in [5.41, 5.74) is 3.80. The Labute approximate surface area is 145 Å². The molecule has 124 valence electrons. The molecule has 1 aliphatic rings. The van der Waals surface area contributed by atoms with Crippen LogP contribution in [0, 0.1) is 5.82 Å². The van der Waals surface area contributed by atoms with Crippen LogP contribution in [0.1, 0.15) is 5.56 Å². The van der Waals surface area contributed by atoms with Crippen LogP contribution < -0.4 is 20.2 Å². The zero-order valence-electron chi connectivity index (χ0n) is 12.4. The van der Waals surface area contributed by atoms with Crippen LogP contribution in [0.25, 0.3) is 0 Å². The molecule has 0 fully saturated rings. The molecule has 2 N–H and O–H groups in total. The number of nitrogens with zero attached hydrogens (tertiary/aromatic N) is 1. The number of carbonyl (C=O) groups is 1. The fourth-order valence-corrected chi connectivity index (χ4v) is 2.42. The second-order valence-corrected chi connectivity index (χ2v) is 5.73. The second kappa shape index (κ2) is 7.31. The van der Waals surface area contributed by atoms with Crippen molar-refractivity contribution in [3.63, 3.8) is 0 Å². The van der Waals surface area contributed by atoms with Gasteiger partial charge in [-0.1, -0.05) is 0 Å². The van der Waals surface area contributed by atoms with Crippen molar-refractivity contribution in [3.8, 4) is 11.5 Å². The minimum Gasteiger partial charge on any atom is -0.454 e. The van der Waals surface area contributed by atoms with E-state index in [1.54, 1.807) is 24.3 Å². The summed E-state index contributed by atoms with van der Waals surface area (Å²) in [4.78, 5) is 11.7. The highest BCUT2D eigenvalue weighted by Crippen LogP contribution is 2.36. The van der Waals surface area contributed by atoms with Crippen molar-refractivity contribution in [1.29, 1.82) is 0 Å². The molecule has 6 nitrogen and oxygen atoms in total. The summed E-state index contributed by atoms with van der Waals surface area (Å²) >= 11 is 3.40. The Morgan fingerprint density at radius 3 is 2.71 bits per heavy atom. The number of halogens is 2. The highest BCUT2D eigenvalue weighted by Gasteiger charge is 2.15. The summed E-state index contributed by atoms with van der Waals surface area (Å²) < 4.78 is 24.1. The fourth-order valence-electron chi connectivity index (χ4n) is 2.00. The molecular formula is C16H13BrFN3O3. The van der Waals surface area contributed by atoms with E-state index in [2.05, 4.69) is 31.8 Å². The van der Waals surface area contributed by atoms with Crippen molar-refractivity contribution in [2.45, 2.75) is 0 Å². The minimum atomic E-state index is -0.330. The zero-order valence-corrected chi connectivity index (χ0v) is 14.0. The number of hydrazone groups is 1. The topological polar surface area (TPSA) is 72.0 Å². The lowest BCUT2D eigenvalue weighted by molar-refractivity contribution is -0.119. The molecule has 0 bridgehead atoms. The number of ether oxygens (including phenoxy) is 2. The maximum Gasteiger partial charge on any atom is 0.259 e. The molecule has 1 aliphatic heterocycles. The predicted octanol–water partition coefficient (Wildman–Crippen LogP) is 2.88. The Morgan fingerprint density at radius 2 is 1.96 bits per heavy atom. The number of amides is 1. The smallest absolute Gasteiger partial charge is 0.259 e. The molecule has 0 aliphatic carbocycles. The van der Waals surface area contributed by atoms with Crippen LogP contribution in [0.4, 0.5) is 10.1 Å². The average Bonchev–Trinajstić information content (AvgIpc) is 3.01. The van der Waals surface area contributed by atoms with E-state index in [0.717, 1.165) is 10.0 Å². The Kier molecular flexibility index (Phi) is 4.95. The lowest BCUT2D eigenvalue weighted by atomic mass is 10.2. The molecular weight excluding hydrogens is 381 g/mol. The molecule has 0 spiro atoms. The van der Waals surface area contributed by atoms with Gasteiger partial charge in [0.25, 0.3) is 5.91 Å². The van der Waals surface area contributed by atoms with Gasteiger partial charge in [0.15, 0.2) is 11.5 Å². The van der Waals surface area contributed by atoms with Gasteiger partial charge in [-0.15, -0.1) is 0 Å². The zero-order chi connectivity index (χ0) is 16.9. The van der Waals surface area contributed by atoms with Crippen molar-refractivity contribution in [1.82, 2.24) is 5.43 Å². The molecule has 2 aromatic rings. The fraction of sp³-hybridized carbons (Fsp3) is 0.125. The maximum absolute atomic E-state index is 12.8. The number of rotatable bonds is 5. The molecule has 1 heterocycles. The number of fused-ring (bicyclic) bond motifs is 1. The van der Waals surface area contributed by atoms with Crippen LogP contribution in [0.5, 0.6) is 11.5 Å². The van der Waals surface area contributed by atoms with Crippen LogP contribution >= 0.6 is 15.9 Å². The summed E-state index contributed by atoms with van der Waals surface area (Å²) in [6, 6.07) is 9.27. The van der Waals surface area contributed by atoms with E-state index in [4.69, 9.17) is 9.47 Å². The SMILES string of the molecule is O=C(CNc1ccc(F)cc1)N/N=C\c1cc2c(cc1Br)OCO2.